The van der Waals surface area contributed by atoms with Gasteiger partial charge in [-0.1, -0.05) is 17.7 Å². The van der Waals surface area contributed by atoms with Gasteiger partial charge in [0.25, 0.3) is 0 Å². The van der Waals surface area contributed by atoms with E-state index >= 15 is 0 Å². The van der Waals surface area contributed by atoms with E-state index in [4.69, 9.17) is 0 Å². The van der Waals surface area contributed by atoms with Gasteiger partial charge in [0, 0.05) is 23.0 Å². The van der Waals surface area contributed by atoms with E-state index in [-0.39, 0.29) is 5.54 Å². The van der Waals surface area contributed by atoms with Crippen LogP contribution in [0.25, 0.3) is 0 Å². The van der Waals surface area contributed by atoms with Gasteiger partial charge in [-0.2, -0.15) is 4.98 Å². The maximum atomic E-state index is 4.54. The molecule has 1 aromatic carbocycles. The molecule has 0 aliphatic heterocycles. The topological polar surface area (TPSA) is 49.8 Å². The van der Waals surface area contributed by atoms with Gasteiger partial charge in [0.1, 0.15) is 5.82 Å². The molecule has 1 aromatic heterocycles. The summed E-state index contributed by atoms with van der Waals surface area (Å²) in [4.78, 5) is 8.98. The number of nitrogens with one attached hydrogen (secondary N) is 2. The van der Waals surface area contributed by atoms with Crippen LogP contribution in [0, 0.1) is 20.8 Å². The van der Waals surface area contributed by atoms with Crippen LogP contribution >= 0.6 is 0 Å². The molecule has 0 aliphatic rings. The van der Waals surface area contributed by atoms with Crippen molar-refractivity contribution < 1.29 is 0 Å². The summed E-state index contributed by atoms with van der Waals surface area (Å²) in [6.07, 6.45) is 0. The zero-order valence-corrected chi connectivity index (χ0v) is 13.7. The van der Waals surface area contributed by atoms with E-state index in [1.807, 2.05) is 13.0 Å². The Bertz CT molecular complexity index is 642. The third-order valence-electron chi connectivity index (χ3n) is 2.99. The van der Waals surface area contributed by atoms with Crippen molar-refractivity contribution in [2.75, 3.05) is 10.6 Å². The zero-order valence-electron chi connectivity index (χ0n) is 13.7. The van der Waals surface area contributed by atoms with E-state index in [1.165, 1.54) is 11.1 Å². The number of aryl methyl sites for hydroxylation is 3. The lowest BCUT2D eigenvalue weighted by Gasteiger charge is -2.21. The second-order valence-corrected chi connectivity index (χ2v) is 6.54. The molecule has 0 unspecified atom stereocenters. The Morgan fingerprint density at radius 2 is 1.67 bits per heavy atom. The van der Waals surface area contributed by atoms with Crippen LogP contribution in [0.4, 0.5) is 17.5 Å². The number of aromatic nitrogens is 2. The summed E-state index contributed by atoms with van der Waals surface area (Å²) < 4.78 is 0. The minimum atomic E-state index is -0.0646. The van der Waals surface area contributed by atoms with Crippen molar-refractivity contribution in [1.29, 1.82) is 0 Å². The lowest BCUT2D eigenvalue weighted by atomic mass is 10.1. The Balaban J connectivity index is 2.27. The Labute approximate surface area is 127 Å². The third-order valence-corrected chi connectivity index (χ3v) is 2.99. The minimum absolute atomic E-state index is 0.0646. The van der Waals surface area contributed by atoms with Crippen molar-refractivity contribution in [3.8, 4) is 0 Å². The van der Waals surface area contributed by atoms with Crippen LogP contribution in [0.15, 0.2) is 24.3 Å². The predicted octanol–water partition coefficient (Wildman–Crippen LogP) is 4.36. The fourth-order valence-electron chi connectivity index (χ4n) is 2.12. The van der Waals surface area contributed by atoms with E-state index in [0.717, 1.165) is 17.2 Å². The first-order valence-corrected chi connectivity index (χ1v) is 7.21. The highest BCUT2D eigenvalue weighted by Gasteiger charge is 2.12. The van der Waals surface area contributed by atoms with Gasteiger partial charge in [0.05, 0.1) is 0 Å². The molecule has 2 aromatic rings. The Morgan fingerprint density at radius 3 is 2.29 bits per heavy atom. The van der Waals surface area contributed by atoms with Gasteiger partial charge in [-0.05, 0) is 53.2 Å². The van der Waals surface area contributed by atoms with Crippen molar-refractivity contribution >= 4 is 17.5 Å². The maximum Gasteiger partial charge on any atom is 0.225 e. The van der Waals surface area contributed by atoms with Crippen molar-refractivity contribution in [2.45, 2.75) is 47.1 Å². The minimum Gasteiger partial charge on any atom is -0.350 e. The van der Waals surface area contributed by atoms with Gasteiger partial charge in [-0.25, -0.2) is 4.98 Å². The molecule has 112 valence electrons. The largest absolute Gasteiger partial charge is 0.350 e. The third kappa shape index (κ3) is 4.45. The molecular formula is C17H24N4. The molecule has 0 fully saturated rings. The smallest absolute Gasteiger partial charge is 0.225 e. The van der Waals surface area contributed by atoms with Gasteiger partial charge in [-0.15, -0.1) is 0 Å². The molecule has 0 spiro atoms. The first kappa shape index (κ1) is 15.3. The summed E-state index contributed by atoms with van der Waals surface area (Å²) in [6, 6.07) is 8.29. The molecule has 0 aliphatic carbocycles. The molecule has 1 heterocycles. The SMILES string of the molecule is Cc1ccc(Nc2cc(C)nc(NC(C)(C)C)n2)c(C)c1. The average Bonchev–Trinajstić information content (AvgIpc) is 2.29. The number of anilines is 3. The summed E-state index contributed by atoms with van der Waals surface area (Å²) >= 11 is 0. The van der Waals surface area contributed by atoms with Crippen LogP contribution in [-0.4, -0.2) is 15.5 Å². The Hall–Kier alpha value is -2.10. The van der Waals surface area contributed by atoms with E-state index in [2.05, 4.69) is 73.4 Å². The summed E-state index contributed by atoms with van der Waals surface area (Å²) in [5.74, 6) is 1.45. The fourth-order valence-corrected chi connectivity index (χ4v) is 2.12. The molecule has 0 radical (unpaired) electrons. The second kappa shape index (κ2) is 5.72. The number of benzene rings is 1. The molecule has 2 N–H and O–H groups in total. The van der Waals surface area contributed by atoms with Crippen LogP contribution in [0.2, 0.25) is 0 Å². The first-order valence-electron chi connectivity index (χ1n) is 7.21. The summed E-state index contributed by atoms with van der Waals surface area (Å²) in [6.45, 7) is 12.4. The molecule has 21 heavy (non-hydrogen) atoms. The molecule has 0 bridgehead atoms. The standard InChI is InChI=1S/C17H24N4/c1-11-7-8-14(12(2)9-11)19-15-10-13(3)18-16(20-15)21-17(4,5)6/h7-10H,1-6H3,(H2,18,19,20,21). The number of nitrogens with zero attached hydrogens (tertiary/aromatic N) is 2. The number of hydrogen-bond acceptors (Lipinski definition) is 4. The van der Waals surface area contributed by atoms with Crippen molar-refractivity contribution in [3.05, 3.63) is 41.1 Å². The van der Waals surface area contributed by atoms with Gasteiger partial charge < -0.3 is 10.6 Å². The maximum absolute atomic E-state index is 4.54. The molecule has 4 heteroatoms. The Morgan fingerprint density at radius 1 is 0.952 bits per heavy atom. The quantitative estimate of drug-likeness (QED) is 0.879. The fraction of sp³-hybridized carbons (Fsp3) is 0.412. The van der Waals surface area contributed by atoms with Gasteiger partial charge >= 0.3 is 0 Å². The number of hydrogen-bond donors (Lipinski definition) is 2. The van der Waals surface area contributed by atoms with Gasteiger partial charge in [0.2, 0.25) is 5.95 Å². The summed E-state index contributed by atoms with van der Waals surface area (Å²) in [5, 5.41) is 6.68. The lowest BCUT2D eigenvalue weighted by Crippen LogP contribution is -2.27. The Kier molecular flexibility index (Phi) is 4.16. The number of rotatable bonds is 3. The van der Waals surface area contributed by atoms with Gasteiger partial charge in [0.15, 0.2) is 0 Å². The highest BCUT2D eigenvalue weighted by atomic mass is 15.2. The normalized spacial score (nSPS) is 11.3. The predicted molar refractivity (Wildman–Crippen MR) is 89.3 cm³/mol. The monoisotopic (exact) mass is 284 g/mol. The van der Waals surface area contributed by atoms with Crippen LogP contribution in [0.5, 0.6) is 0 Å². The van der Waals surface area contributed by atoms with E-state index in [9.17, 15) is 0 Å². The second-order valence-electron chi connectivity index (χ2n) is 6.54. The van der Waals surface area contributed by atoms with E-state index in [0.29, 0.717) is 5.95 Å². The van der Waals surface area contributed by atoms with E-state index in [1.54, 1.807) is 0 Å². The van der Waals surface area contributed by atoms with Crippen LogP contribution < -0.4 is 10.6 Å². The summed E-state index contributed by atoms with van der Waals surface area (Å²) in [5.41, 5.74) is 4.40. The first-order chi connectivity index (χ1) is 9.73. The lowest BCUT2D eigenvalue weighted by molar-refractivity contribution is 0.625. The van der Waals surface area contributed by atoms with Crippen LogP contribution in [-0.2, 0) is 0 Å². The molecule has 0 atom stereocenters. The molecule has 0 saturated carbocycles. The highest BCUT2D eigenvalue weighted by Crippen LogP contribution is 2.22. The van der Waals surface area contributed by atoms with Crippen LogP contribution in [0.1, 0.15) is 37.6 Å². The van der Waals surface area contributed by atoms with Gasteiger partial charge in [-0.3, -0.25) is 0 Å². The van der Waals surface area contributed by atoms with Crippen molar-refractivity contribution in [3.63, 3.8) is 0 Å². The van der Waals surface area contributed by atoms with Crippen molar-refractivity contribution in [1.82, 2.24) is 9.97 Å². The molecule has 4 nitrogen and oxygen atoms in total. The molecule has 0 saturated heterocycles. The zero-order chi connectivity index (χ0) is 15.6. The highest BCUT2D eigenvalue weighted by molar-refractivity contribution is 5.62. The van der Waals surface area contributed by atoms with Crippen molar-refractivity contribution in [2.24, 2.45) is 0 Å². The molecular weight excluding hydrogens is 260 g/mol. The van der Waals surface area contributed by atoms with E-state index < -0.39 is 0 Å². The average molecular weight is 284 g/mol. The van der Waals surface area contributed by atoms with Crippen LogP contribution in [0.3, 0.4) is 0 Å². The molecule has 0 amide bonds. The molecule has 2 rings (SSSR count). The summed E-state index contributed by atoms with van der Waals surface area (Å²) in [7, 11) is 0.